The smallest absolute Gasteiger partial charge is 0.0208 e. The van der Waals surface area contributed by atoms with Crippen LogP contribution in [0.15, 0.2) is 18.2 Å². The molecule has 1 fully saturated rings. The maximum Gasteiger partial charge on any atom is 0.0208 e. The molecule has 2 nitrogen and oxygen atoms in total. The van der Waals surface area contributed by atoms with Gasteiger partial charge in [-0.2, -0.15) is 0 Å². The van der Waals surface area contributed by atoms with E-state index in [1.54, 1.807) is 0 Å². The summed E-state index contributed by atoms with van der Waals surface area (Å²) in [6.07, 6.45) is 2.77. The molecule has 1 aromatic rings. The van der Waals surface area contributed by atoms with Crippen molar-refractivity contribution in [2.75, 3.05) is 13.6 Å². The van der Waals surface area contributed by atoms with Gasteiger partial charge in [-0.1, -0.05) is 23.8 Å². The predicted molar refractivity (Wildman–Crippen MR) is 77.9 cm³/mol. The van der Waals surface area contributed by atoms with E-state index in [0.29, 0.717) is 6.04 Å². The first kappa shape index (κ1) is 13.6. The molecule has 0 heterocycles. The van der Waals surface area contributed by atoms with Crippen molar-refractivity contribution in [2.45, 2.75) is 52.2 Å². The highest BCUT2D eigenvalue weighted by Gasteiger charge is 2.28. The molecule has 0 bridgehead atoms. The summed E-state index contributed by atoms with van der Waals surface area (Å²) < 4.78 is 0. The average molecular weight is 246 g/mol. The van der Waals surface area contributed by atoms with Gasteiger partial charge in [0.1, 0.15) is 0 Å². The molecule has 0 amide bonds. The lowest BCUT2D eigenvalue weighted by molar-refractivity contribution is 0.241. The van der Waals surface area contributed by atoms with Gasteiger partial charge >= 0.3 is 0 Å². The second-order valence-electron chi connectivity index (χ2n) is 5.81. The summed E-state index contributed by atoms with van der Waals surface area (Å²) in [6.45, 7) is 8.71. The fraction of sp³-hybridized carbons (Fsp3) is 0.625. The second kappa shape index (κ2) is 5.85. The van der Waals surface area contributed by atoms with Crippen LogP contribution in [0.4, 0.5) is 0 Å². The monoisotopic (exact) mass is 246 g/mol. The molecule has 0 saturated heterocycles. The van der Waals surface area contributed by atoms with E-state index in [1.165, 1.54) is 29.5 Å². The lowest BCUT2D eigenvalue weighted by atomic mass is 10.1. The molecule has 1 aromatic carbocycles. The Labute approximate surface area is 111 Å². The molecule has 1 saturated carbocycles. The summed E-state index contributed by atoms with van der Waals surface area (Å²) in [5, 5.41) is 3.58. The van der Waals surface area contributed by atoms with Gasteiger partial charge < -0.3 is 5.32 Å². The van der Waals surface area contributed by atoms with E-state index in [-0.39, 0.29) is 0 Å². The van der Waals surface area contributed by atoms with E-state index in [9.17, 15) is 0 Å². The summed E-state index contributed by atoms with van der Waals surface area (Å²) in [5.41, 5.74) is 4.16. The zero-order valence-corrected chi connectivity index (χ0v) is 12.2. The summed E-state index contributed by atoms with van der Waals surface area (Å²) >= 11 is 0. The van der Waals surface area contributed by atoms with Crippen LogP contribution in [-0.2, 0) is 6.54 Å². The molecule has 1 N–H and O–H groups in total. The van der Waals surface area contributed by atoms with Gasteiger partial charge in [-0.25, -0.2) is 0 Å². The maximum absolute atomic E-state index is 3.58. The van der Waals surface area contributed by atoms with Crippen LogP contribution in [0.2, 0.25) is 0 Å². The molecular weight excluding hydrogens is 220 g/mol. The summed E-state index contributed by atoms with van der Waals surface area (Å²) in [5.74, 6) is 0. The van der Waals surface area contributed by atoms with E-state index < -0.39 is 0 Å². The van der Waals surface area contributed by atoms with Crippen molar-refractivity contribution in [1.29, 1.82) is 0 Å². The third-order valence-corrected chi connectivity index (χ3v) is 4.07. The van der Waals surface area contributed by atoms with Crippen molar-refractivity contribution in [3.05, 3.63) is 34.9 Å². The van der Waals surface area contributed by atoms with E-state index in [0.717, 1.165) is 19.1 Å². The summed E-state index contributed by atoms with van der Waals surface area (Å²) in [7, 11) is 2.25. The van der Waals surface area contributed by atoms with Crippen LogP contribution in [0, 0.1) is 13.8 Å². The molecule has 0 radical (unpaired) electrons. The largest absolute Gasteiger partial charge is 0.311 e. The third-order valence-electron chi connectivity index (χ3n) is 4.07. The van der Waals surface area contributed by atoms with Gasteiger partial charge in [-0.15, -0.1) is 0 Å². The molecule has 18 heavy (non-hydrogen) atoms. The number of rotatable bonds is 6. The van der Waals surface area contributed by atoms with Gasteiger partial charge in [0.05, 0.1) is 0 Å². The number of aryl methyl sites for hydroxylation is 2. The minimum atomic E-state index is 0.628. The first-order valence-electron chi connectivity index (χ1n) is 7.06. The molecule has 0 aliphatic heterocycles. The maximum atomic E-state index is 3.58. The molecule has 2 heteroatoms. The van der Waals surface area contributed by atoms with Crippen molar-refractivity contribution >= 4 is 0 Å². The van der Waals surface area contributed by atoms with Crippen LogP contribution in [0.1, 0.15) is 36.5 Å². The molecule has 0 aromatic heterocycles. The molecule has 100 valence electrons. The summed E-state index contributed by atoms with van der Waals surface area (Å²) in [4.78, 5) is 2.51. The van der Waals surface area contributed by atoms with Crippen molar-refractivity contribution in [3.63, 3.8) is 0 Å². The average Bonchev–Trinajstić information content (AvgIpc) is 3.15. The minimum Gasteiger partial charge on any atom is -0.311 e. The SMILES string of the molecule is Cc1ccc(CNCC(C)N(C)C2CC2)c(C)c1. The van der Waals surface area contributed by atoms with Crippen LogP contribution in [-0.4, -0.2) is 30.6 Å². The highest BCUT2D eigenvalue weighted by Crippen LogP contribution is 2.26. The molecule has 1 unspecified atom stereocenters. The van der Waals surface area contributed by atoms with Gasteiger partial charge in [0, 0.05) is 25.2 Å². The van der Waals surface area contributed by atoms with Crippen molar-refractivity contribution in [1.82, 2.24) is 10.2 Å². The second-order valence-corrected chi connectivity index (χ2v) is 5.81. The third kappa shape index (κ3) is 3.56. The fourth-order valence-electron chi connectivity index (χ4n) is 2.45. The Morgan fingerprint density at radius 3 is 2.67 bits per heavy atom. The highest BCUT2D eigenvalue weighted by atomic mass is 15.2. The van der Waals surface area contributed by atoms with Gasteiger partial charge in [0.2, 0.25) is 0 Å². The first-order valence-corrected chi connectivity index (χ1v) is 7.06. The Morgan fingerprint density at radius 2 is 2.06 bits per heavy atom. The van der Waals surface area contributed by atoms with Crippen LogP contribution < -0.4 is 5.32 Å². The Hall–Kier alpha value is -0.860. The number of nitrogens with zero attached hydrogens (tertiary/aromatic N) is 1. The Morgan fingerprint density at radius 1 is 1.33 bits per heavy atom. The van der Waals surface area contributed by atoms with E-state index >= 15 is 0 Å². The van der Waals surface area contributed by atoms with Gasteiger partial charge in [-0.05, 0) is 51.8 Å². The Balaban J connectivity index is 1.77. The van der Waals surface area contributed by atoms with Gasteiger partial charge in [0.25, 0.3) is 0 Å². The Bertz CT molecular complexity index is 396. The Kier molecular flexibility index (Phi) is 4.41. The van der Waals surface area contributed by atoms with Gasteiger partial charge in [0.15, 0.2) is 0 Å². The molecule has 1 aliphatic carbocycles. The van der Waals surface area contributed by atoms with Crippen LogP contribution >= 0.6 is 0 Å². The van der Waals surface area contributed by atoms with E-state index in [2.05, 4.69) is 56.2 Å². The molecule has 1 atom stereocenters. The van der Waals surface area contributed by atoms with Crippen molar-refractivity contribution < 1.29 is 0 Å². The first-order chi connectivity index (χ1) is 8.58. The minimum absolute atomic E-state index is 0.628. The quantitative estimate of drug-likeness (QED) is 0.830. The topological polar surface area (TPSA) is 15.3 Å². The van der Waals surface area contributed by atoms with Crippen LogP contribution in [0.25, 0.3) is 0 Å². The number of benzene rings is 1. The summed E-state index contributed by atoms with van der Waals surface area (Å²) in [6, 6.07) is 8.18. The van der Waals surface area contributed by atoms with Crippen molar-refractivity contribution in [3.8, 4) is 0 Å². The molecule has 1 aliphatic rings. The predicted octanol–water partition coefficient (Wildman–Crippen LogP) is 2.88. The van der Waals surface area contributed by atoms with Crippen molar-refractivity contribution in [2.24, 2.45) is 0 Å². The van der Waals surface area contributed by atoms with Gasteiger partial charge in [-0.3, -0.25) is 4.90 Å². The lowest BCUT2D eigenvalue weighted by Crippen LogP contribution is -2.39. The highest BCUT2D eigenvalue weighted by molar-refractivity contribution is 5.30. The fourth-order valence-corrected chi connectivity index (χ4v) is 2.45. The zero-order valence-electron chi connectivity index (χ0n) is 12.2. The zero-order chi connectivity index (χ0) is 13.1. The van der Waals surface area contributed by atoms with Crippen LogP contribution in [0.3, 0.4) is 0 Å². The van der Waals surface area contributed by atoms with E-state index in [1.807, 2.05) is 0 Å². The normalized spacial score (nSPS) is 17.2. The molecule has 0 spiro atoms. The number of likely N-dealkylation sites (N-methyl/N-ethyl adjacent to an activating group) is 1. The van der Waals surface area contributed by atoms with E-state index in [4.69, 9.17) is 0 Å². The molecule has 2 rings (SSSR count). The standard InChI is InChI=1S/C16H26N2/c1-12-5-6-15(13(2)9-12)11-17-10-14(3)18(4)16-7-8-16/h5-6,9,14,16-17H,7-8,10-11H2,1-4H3. The molecular formula is C16H26N2. The number of hydrogen-bond acceptors (Lipinski definition) is 2. The number of nitrogens with one attached hydrogen (secondary N) is 1. The van der Waals surface area contributed by atoms with Crippen LogP contribution in [0.5, 0.6) is 0 Å². The number of hydrogen-bond donors (Lipinski definition) is 1. The lowest BCUT2D eigenvalue weighted by Gasteiger charge is -2.24.